The van der Waals surface area contributed by atoms with Crippen LogP contribution in [0.4, 0.5) is 0 Å². The SMILES string of the molecule is Cc1ccc(CNS(=O)(=O)c2cccc3nonc23)cc1. The Labute approximate surface area is 121 Å². The van der Waals surface area contributed by atoms with Gasteiger partial charge in [-0.25, -0.2) is 17.8 Å². The van der Waals surface area contributed by atoms with Crippen LogP contribution in [0.3, 0.4) is 0 Å². The molecule has 0 aliphatic rings. The molecule has 1 aromatic heterocycles. The van der Waals surface area contributed by atoms with E-state index in [1.54, 1.807) is 12.1 Å². The van der Waals surface area contributed by atoms with E-state index >= 15 is 0 Å². The maximum atomic E-state index is 12.4. The standard InChI is InChI=1S/C14H13N3O3S/c1-10-5-7-11(8-6-10)9-15-21(18,19)13-4-2-3-12-14(13)17-20-16-12/h2-8,15H,9H2,1H3. The van der Waals surface area contributed by atoms with Crippen LogP contribution in [0.2, 0.25) is 0 Å². The summed E-state index contributed by atoms with van der Waals surface area (Å²) in [5, 5.41) is 7.29. The van der Waals surface area contributed by atoms with Crippen molar-refractivity contribution in [3.05, 3.63) is 53.6 Å². The molecule has 0 radical (unpaired) electrons. The van der Waals surface area contributed by atoms with Crippen LogP contribution in [0.25, 0.3) is 11.0 Å². The minimum atomic E-state index is -3.68. The molecule has 0 bridgehead atoms. The van der Waals surface area contributed by atoms with E-state index in [9.17, 15) is 8.42 Å². The summed E-state index contributed by atoms with van der Waals surface area (Å²) in [5.74, 6) is 0. The summed E-state index contributed by atoms with van der Waals surface area (Å²) in [6, 6.07) is 12.4. The van der Waals surface area contributed by atoms with Gasteiger partial charge < -0.3 is 0 Å². The van der Waals surface area contributed by atoms with E-state index < -0.39 is 10.0 Å². The molecule has 21 heavy (non-hydrogen) atoms. The van der Waals surface area contributed by atoms with Crippen LogP contribution < -0.4 is 4.72 Å². The number of rotatable bonds is 4. The Morgan fingerprint density at radius 2 is 1.86 bits per heavy atom. The predicted octanol–water partition coefficient (Wildman–Crippen LogP) is 2.01. The number of nitrogens with one attached hydrogen (secondary N) is 1. The van der Waals surface area contributed by atoms with Gasteiger partial charge in [-0.05, 0) is 34.9 Å². The van der Waals surface area contributed by atoms with Gasteiger partial charge >= 0.3 is 0 Å². The number of hydrogen-bond donors (Lipinski definition) is 1. The van der Waals surface area contributed by atoms with E-state index in [0.29, 0.717) is 5.52 Å². The van der Waals surface area contributed by atoms with E-state index in [-0.39, 0.29) is 17.0 Å². The van der Waals surface area contributed by atoms with Crippen molar-refractivity contribution in [2.24, 2.45) is 0 Å². The number of fused-ring (bicyclic) bond motifs is 1. The van der Waals surface area contributed by atoms with Crippen molar-refractivity contribution in [1.82, 2.24) is 15.0 Å². The molecule has 1 heterocycles. The van der Waals surface area contributed by atoms with Crippen LogP contribution in [0.1, 0.15) is 11.1 Å². The van der Waals surface area contributed by atoms with Crippen molar-refractivity contribution in [1.29, 1.82) is 0 Å². The van der Waals surface area contributed by atoms with E-state index in [1.807, 2.05) is 31.2 Å². The van der Waals surface area contributed by atoms with Gasteiger partial charge in [-0.1, -0.05) is 35.9 Å². The molecule has 108 valence electrons. The van der Waals surface area contributed by atoms with Gasteiger partial charge in [0.1, 0.15) is 10.4 Å². The molecule has 0 aliphatic carbocycles. The van der Waals surface area contributed by atoms with Gasteiger partial charge in [-0.3, -0.25) is 0 Å². The van der Waals surface area contributed by atoms with Crippen LogP contribution in [-0.2, 0) is 16.6 Å². The molecule has 0 fully saturated rings. The molecule has 0 saturated heterocycles. The second-order valence-electron chi connectivity index (χ2n) is 4.70. The zero-order chi connectivity index (χ0) is 14.9. The quantitative estimate of drug-likeness (QED) is 0.797. The molecule has 0 amide bonds. The number of nitrogens with zero attached hydrogens (tertiary/aromatic N) is 2. The summed E-state index contributed by atoms with van der Waals surface area (Å²) >= 11 is 0. The summed E-state index contributed by atoms with van der Waals surface area (Å²) in [4.78, 5) is 0.0633. The highest BCUT2D eigenvalue weighted by molar-refractivity contribution is 7.89. The lowest BCUT2D eigenvalue weighted by atomic mass is 10.2. The minimum Gasteiger partial charge on any atom is -0.243 e. The number of aromatic nitrogens is 2. The molecule has 0 aliphatic heterocycles. The molecular formula is C14H13N3O3S. The maximum absolute atomic E-state index is 12.4. The number of hydrogen-bond acceptors (Lipinski definition) is 5. The maximum Gasteiger partial charge on any atom is 0.243 e. The zero-order valence-corrected chi connectivity index (χ0v) is 12.1. The Bertz CT molecular complexity index is 870. The summed E-state index contributed by atoms with van der Waals surface area (Å²) in [7, 11) is -3.68. The lowest BCUT2D eigenvalue weighted by molar-refractivity contribution is 0.315. The first-order valence-electron chi connectivity index (χ1n) is 6.33. The van der Waals surface area contributed by atoms with E-state index in [2.05, 4.69) is 19.7 Å². The molecule has 0 unspecified atom stereocenters. The second-order valence-corrected chi connectivity index (χ2v) is 6.43. The van der Waals surface area contributed by atoms with Crippen molar-refractivity contribution >= 4 is 21.1 Å². The van der Waals surface area contributed by atoms with Gasteiger partial charge in [0.2, 0.25) is 10.0 Å². The molecule has 6 nitrogen and oxygen atoms in total. The fourth-order valence-corrected chi connectivity index (χ4v) is 3.13. The normalized spacial score (nSPS) is 11.9. The highest BCUT2D eigenvalue weighted by Gasteiger charge is 2.19. The second kappa shape index (κ2) is 5.27. The van der Waals surface area contributed by atoms with Gasteiger partial charge in [0, 0.05) is 6.54 Å². The van der Waals surface area contributed by atoms with Crippen LogP contribution in [-0.4, -0.2) is 18.7 Å². The van der Waals surface area contributed by atoms with Crippen molar-refractivity contribution in [3.63, 3.8) is 0 Å². The van der Waals surface area contributed by atoms with Crippen LogP contribution in [0.15, 0.2) is 52.0 Å². The largest absolute Gasteiger partial charge is 0.243 e. The topological polar surface area (TPSA) is 85.1 Å². The third-order valence-electron chi connectivity index (χ3n) is 3.13. The molecule has 0 atom stereocenters. The lowest BCUT2D eigenvalue weighted by Crippen LogP contribution is -2.23. The molecule has 3 aromatic rings. The lowest BCUT2D eigenvalue weighted by Gasteiger charge is -2.07. The predicted molar refractivity (Wildman–Crippen MR) is 77.0 cm³/mol. The Balaban J connectivity index is 1.87. The number of benzene rings is 2. The monoisotopic (exact) mass is 303 g/mol. The number of sulfonamides is 1. The molecule has 1 N–H and O–H groups in total. The van der Waals surface area contributed by atoms with Gasteiger partial charge in [0.15, 0.2) is 5.52 Å². The van der Waals surface area contributed by atoms with Crippen LogP contribution >= 0.6 is 0 Å². The Morgan fingerprint density at radius 3 is 2.62 bits per heavy atom. The van der Waals surface area contributed by atoms with Gasteiger partial charge in [-0.15, -0.1) is 0 Å². The summed E-state index contributed by atoms with van der Waals surface area (Å²) in [5.41, 5.74) is 2.65. The Kier molecular flexibility index (Phi) is 3.44. The van der Waals surface area contributed by atoms with Gasteiger partial charge in [0.05, 0.1) is 0 Å². The van der Waals surface area contributed by atoms with Crippen molar-refractivity contribution in [3.8, 4) is 0 Å². The van der Waals surface area contributed by atoms with Gasteiger partial charge in [0.25, 0.3) is 0 Å². The van der Waals surface area contributed by atoms with E-state index in [0.717, 1.165) is 11.1 Å². The average Bonchev–Trinajstić information content (AvgIpc) is 2.95. The average molecular weight is 303 g/mol. The summed E-state index contributed by atoms with van der Waals surface area (Å²) in [6.07, 6.45) is 0. The fourth-order valence-electron chi connectivity index (χ4n) is 1.96. The zero-order valence-electron chi connectivity index (χ0n) is 11.3. The van der Waals surface area contributed by atoms with Crippen molar-refractivity contribution in [2.75, 3.05) is 0 Å². The molecule has 0 spiro atoms. The molecule has 2 aromatic carbocycles. The fraction of sp³-hybridized carbons (Fsp3) is 0.143. The first kappa shape index (κ1) is 13.7. The van der Waals surface area contributed by atoms with Gasteiger partial charge in [-0.2, -0.15) is 0 Å². The van der Waals surface area contributed by atoms with Crippen molar-refractivity contribution in [2.45, 2.75) is 18.4 Å². The highest BCUT2D eigenvalue weighted by Crippen LogP contribution is 2.19. The summed E-state index contributed by atoms with van der Waals surface area (Å²) < 4.78 is 31.9. The first-order chi connectivity index (χ1) is 10.1. The minimum absolute atomic E-state index is 0.0633. The summed E-state index contributed by atoms with van der Waals surface area (Å²) in [6.45, 7) is 2.19. The smallest absolute Gasteiger partial charge is 0.243 e. The highest BCUT2D eigenvalue weighted by atomic mass is 32.2. The number of aryl methyl sites for hydroxylation is 1. The third-order valence-corrected chi connectivity index (χ3v) is 4.56. The van der Waals surface area contributed by atoms with Crippen LogP contribution in [0.5, 0.6) is 0 Å². The van der Waals surface area contributed by atoms with Crippen molar-refractivity contribution < 1.29 is 13.0 Å². The Hall–Kier alpha value is -2.25. The molecule has 0 saturated carbocycles. The first-order valence-corrected chi connectivity index (χ1v) is 7.81. The molecule has 7 heteroatoms. The Morgan fingerprint density at radius 1 is 1.10 bits per heavy atom. The van der Waals surface area contributed by atoms with E-state index in [1.165, 1.54) is 6.07 Å². The third kappa shape index (κ3) is 2.79. The molecular weight excluding hydrogens is 290 g/mol. The van der Waals surface area contributed by atoms with E-state index in [4.69, 9.17) is 0 Å². The van der Waals surface area contributed by atoms with Crippen LogP contribution in [0, 0.1) is 6.92 Å². The molecule has 3 rings (SSSR count).